The molecule has 0 aromatic heterocycles. The lowest BCUT2D eigenvalue weighted by molar-refractivity contribution is -0.146. The minimum Gasteiger partial charge on any atom is -0.468 e. The van der Waals surface area contributed by atoms with Crippen LogP contribution in [-0.4, -0.2) is 48.9 Å². The highest BCUT2D eigenvalue weighted by Gasteiger charge is 2.20. The molecule has 0 aliphatic carbocycles. The van der Waals surface area contributed by atoms with E-state index < -0.39 is 0 Å². The van der Waals surface area contributed by atoms with Crippen LogP contribution in [0.5, 0.6) is 0 Å². The summed E-state index contributed by atoms with van der Waals surface area (Å²) < 4.78 is 4.62. The Morgan fingerprint density at radius 1 is 1.38 bits per heavy atom. The number of hydrogen-bond donors (Lipinski definition) is 0. The third kappa shape index (κ3) is 4.69. The second kappa shape index (κ2) is 7.42. The quantitative estimate of drug-likeness (QED) is 0.507. The average molecular weight is 228 g/mol. The molecular weight excluding hydrogens is 213 g/mol. The monoisotopic (exact) mass is 227 g/mol. The summed E-state index contributed by atoms with van der Waals surface area (Å²) in [6, 6.07) is -0.275. The van der Waals surface area contributed by atoms with Gasteiger partial charge in [-0.05, 0) is 6.92 Å². The highest BCUT2D eigenvalue weighted by Crippen LogP contribution is 2.02. The van der Waals surface area contributed by atoms with E-state index in [4.69, 9.17) is 23.2 Å². The van der Waals surface area contributed by atoms with E-state index >= 15 is 0 Å². The van der Waals surface area contributed by atoms with Crippen LogP contribution in [0, 0.1) is 0 Å². The van der Waals surface area contributed by atoms with Gasteiger partial charge in [0.15, 0.2) is 0 Å². The maximum atomic E-state index is 11.2. The third-order valence-electron chi connectivity index (χ3n) is 1.83. The maximum absolute atomic E-state index is 11.2. The minimum atomic E-state index is -0.275. The summed E-state index contributed by atoms with van der Waals surface area (Å²) in [5.41, 5.74) is 0. The molecule has 0 heterocycles. The molecular formula is C8H15Cl2NO2. The number of nitrogens with zero attached hydrogens (tertiary/aromatic N) is 1. The molecule has 1 atom stereocenters. The van der Waals surface area contributed by atoms with Crippen molar-refractivity contribution in [2.24, 2.45) is 0 Å². The van der Waals surface area contributed by atoms with E-state index in [-0.39, 0.29) is 12.0 Å². The molecule has 78 valence electrons. The number of alkyl halides is 2. The van der Waals surface area contributed by atoms with E-state index in [0.29, 0.717) is 24.8 Å². The van der Waals surface area contributed by atoms with Crippen LogP contribution in [0.25, 0.3) is 0 Å². The Morgan fingerprint density at radius 2 is 1.85 bits per heavy atom. The van der Waals surface area contributed by atoms with E-state index in [1.54, 1.807) is 6.92 Å². The minimum absolute atomic E-state index is 0.254. The van der Waals surface area contributed by atoms with Gasteiger partial charge >= 0.3 is 5.97 Å². The number of hydrogen-bond acceptors (Lipinski definition) is 3. The molecule has 0 rings (SSSR count). The van der Waals surface area contributed by atoms with Crippen LogP contribution >= 0.6 is 23.2 Å². The number of carbonyl (C=O) groups excluding carboxylic acids is 1. The number of halogens is 2. The molecule has 0 fully saturated rings. The zero-order valence-corrected chi connectivity index (χ0v) is 9.44. The summed E-state index contributed by atoms with van der Waals surface area (Å²) in [4.78, 5) is 13.0. The van der Waals surface area contributed by atoms with Crippen LogP contribution in [-0.2, 0) is 9.53 Å². The lowest BCUT2D eigenvalue weighted by atomic mass is 10.3. The van der Waals surface area contributed by atoms with E-state index in [0.717, 1.165) is 0 Å². The molecule has 0 saturated carbocycles. The van der Waals surface area contributed by atoms with Gasteiger partial charge in [-0.3, -0.25) is 9.69 Å². The van der Waals surface area contributed by atoms with Crippen LogP contribution in [0.3, 0.4) is 0 Å². The van der Waals surface area contributed by atoms with Gasteiger partial charge in [0.25, 0.3) is 0 Å². The van der Waals surface area contributed by atoms with Crippen LogP contribution in [0.4, 0.5) is 0 Å². The smallest absolute Gasteiger partial charge is 0.322 e. The highest BCUT2D eigenvalue weighted by atomic mass is 35.5. The van der Waals surface area contributed by atoms with Gasteiger partial charge in [-0.2, -0.15) is 0 Å². The fraction of sp³-hybridized carbons (Fsp3) is 0.875. The van der Waals surface area contributed by atoms with Gasteiger partial charge in [0.2, 0.25) is 0 Å². The first-order chi connectivity index (χ1) is 6.17. The molecule has 13 heavy (non-hydrogen) atoms. The average Bonchev–Trinajstić information content (AvgIpc) is 2.15. The lowest BCUT2D eigenvalue weighted by Gasteiger charge is -2.25. The van der Waals surface area contributed by atoms with Gasteiger partial charge in [0.1, 0.15) is 6.04 Å². The Morgan fingerprint density at radius 3 is 2.15 bits per heavy atom. The van der Waals surface area contributed by atoms with E-state index in [1.807, 2.05) is 4.90 Å². The molecule has 0 aliphatic heterocycles. The van der Waals surface area contributed by atoms with Crippen LogP contribution in [0.15, 0.2) is 0 Å². The van der Waals surface area contributed by atoms with Crippen molar-refractivity contribution in [1.29, 1.82) is 0 Å². The first kappa shape index (κ1) is 13.0. The van der Waals surface area contributed by atoms with Crippen molar-refractivity contribution in [3.8, 4) is 0 Å². The zero-order chi connectivity index (χ0) is 10.3. The normalized spacial score (nSPS) is 13.0. The van der Waals surface area contributed by atoms with Gasteiger partial charge in [0, 0.05) is 24.8 Å². The number of methoxy groups -OCH3 is 1. The summed E-state index contributed by atoms with van der Waals surface area (Å²) in [5, 5.41) is 0. The largest absolute Gasteiger partial charge is 0.468 e. The number of ether oxygens (including phenoxy) is 1. The second-order valence-electron chi connectivity index (χ2n) is 2.61. The fourth-order valence-electron chi connectivity index (χ4n) is 1.04. The molecule has 0 N–H and O–H groups in total. The third-order valence-corrected chi connectivity index (χ3v) is 2.17. The predicted octanol–water partition coefficient (Wildman–Crippen LogP) is 1.33. The molecule has 0 bridgehead atoms. The summed E-state index contributed by atoms with van der Waals surface area (Å²) in [5.74, 6) is 0.714. The summed E-state index contributed by atoms with van der Waals surface area (Å²) in [6.07, 6.45) is 0. The Kier molecular flexibility index (Phi) is 7.42. The standard InChI is InChI=1S/C8H15Cl2NO2/c1-7(8(12)13-2)11(5-3-9)6-4-10/h7H,3-6H2,1-2H3/t7-/m1/s1. The number of esters is 1. The van der Waals surface area contributed by atoms with Gasteiger partial charge in [0.05, 0.1) is 7.11 Å². The Balaban J connectivity index is 4.08. The van der Waals surface area contributed by atoms with Crippen LogP contribution in [0.2, 0.25) is 0 Å². The summed E-state index contributed by atoms with van der Waals surface area (Å²) >= 11 is 11.2. The first-order valence-corrected chi connectivity index (χ1v) is 5.18. The van der Waals surface area contributed by atoms with E-state index in [2.05, 4.69) is 4.74 Å². The second-order valence-corrected chi connectivity index (χ2v) is 3.37. The Bertz CT molecular complexity index is 149. The Hall–Kier alpha value is 0.01000. The van der Waals surface area contributed by atoms with Crippen LogP contribution in [0.1, 0.15) is 6.92 Å². The van der Waals surface area contributed by atoms with Gasteiger partial charge in [-0.15, -0.1) is 23.2 Å². The number of rotatable bonds is 6. The summed E-state index contributed by atoms with van der Waals surface area (Å²) in [6.45, 7) is 3.07. The molecule has 0 aromatic rings. The van der Waals surface area contributed by atoms with Crippen molar-refractivity contribution in [2.45, 2.75) is 13.0 Å². The Labute approximate surface area is 88.9 Å². The molecule has 0 radical (unpaired) electrons. The van der Waals surface area contributed by atoms with Gasteiger partial charge in [-0.25, -0.2) is 0 Å². The van der Waals surface area contributed by atoms with E-state index in [1.165, 1.54) is 7.11 Å². The topological polar surface area (TPSA) is 29.5 Å². The van der Waals surface area contributed by atoms with Crippen molar-refractivity contribution in [1.82, 2.24) is 4.90 Å². The molecule has 5 heteroatoms. The van der Waals surface area contributed by atoms with Gasteiger partial charge in [-0.1, -0.05) is 0 Å². The first-order valence-electron chi connectivity index (χ1n) is 4.11. The zero-order valence-electron chi connectivity index (χ0n) is 7.93. The van der Waals surface area contributed by atoms with Crippen molar-refractivity contribution < 1.29 is 9.53 Å². The molecule has 0 unspecified atom stereocenters. The summed E-state index contributed by atoms with van der Waals surface area (Å²) in [7, 11) is 1.37. The van der Waals surface area contributed by atoms with Crippen LogP contribution < -0.4 is 0 Å². The highest BCUT2D eigenvalue weighted by molar-refractivity contribution is 6.18. The molecule has 3 nitrogen and oxygen atoms in total. The molecule has 0 aliphatic rings. The van der Waals surface area contributed by atoms with Crippen molar-refractivity contribution in [3.05, 3.63) is 0 Å². The van der Waals surface area contributed by atoms with E-state index in [9.17, 15) is 4.79 Å². The molecule has 0 aromatic carbocycles. The molecule has 0 amide bonds. The SMILES string of the molecule is COC(=O)[C@@H](C)N(CCCl)CCCl. The molecule has 0 spiro atoms. The molecule has 0 saturated heterocycles. The predicted molar refractivity (Wildman–Crippen MR) is 54.5 cm³/mol. The fourth-order valence-corrected chi connectivity index (χ4v) is 1.47. The lowest BCUT2D eigenvalue weighted by Crippen LogP contribution is -2.41. The van der Waals surface area contributed by atoms with Crippen molar-refractivity contribution >= 4 is 29.2 Å². The van der Waals surface area contributed by atoms with Crippen molar-refractivity contribution in [3.63, 3.8) is 0 Å². The maximum Gasteiger partial charge on any atom is 0.322 e. The number of carbonyl (C=O) groups is 1. The van der Waals surface area contributed by atoms with Gasteiger partial charge < -0.3 is 4.74 Å². The van der Waals surface area contributed by atoms with Crippen molar-refractivity contribution in [2.75, 3.05) is 32.0 Å².